The molecule has 0 atom stereocenters. The second-order valence-corrected chi connectivity index (χ2v) is 4.27. The molecule has 7 heteroatoms. The summed E-state index contributed by atoms with van der Waals surface area (Å²) in [6, 6.07) is 4.93. The Balaban J connectivity index is 3.49. The van der Waals surface area contributed by atoms with Crippen molar-refractivity contribution in [3.63, 3.8) is 0 Å². The van der Waals surface area contributed by atoms with E-state index in [1.54, 1.807) is 0 Å². The van der Waals surface area contributed by atoms with Crippen LogP contribution in [0, 0.1) is 11.3 Å². The van der Waals surface area contributed by atoms with E-state index in [-0.39, 0.29) is 41.6 Å². The number of nitriles is 1. The number of nitrogens with one attached hydrogen (secondary N) is 1. The summed E-state index contributed by atoms with van der Waals surface area (Å²) in [6.07, 6.45) is 0. The van der Waals surface area contributed by atoms with E-state index in [9.17, 15) is 14.9 Å². The maximum Gasteiger partial charge on any atom is 0.337 e. The van der Waals surface area contributed by atoms with Gasteiger partial charge in [-0.25, -0.2) is 4.79 Å². The number of esters is 1. The molecule has 0 saturated carbocycles. The summed E-state index contributed by atoms with van der Waals surface area (Å²) in [5.41, 5.74) is 6.16. The number of hydrogen-bond acceptors (Lipinski definition) is 6. The number of anilines is 1. The van der Waals surface area contributed by atoms with Crippen LogP contribution < -0.4 is 15.8 Å². The van der Waals surface area contributed by atoms with Gasteiger partial charge in [0.1, 0.15) is 18.4 Å². The van der Waals surface area contributed by atoms with Gasteiger partial charge < -0.3 is 20.5 Å². The third kappa shape index (κ3) is 3.84. The van der Waals surface area contributed by atoms with Crippen molar-refractivity contribution in [3.05, 3.63) is 29.8 Å². The van der Waals surface area contributed by atoms with Crippen LogP contribution in [-0.4, -0.2) is 32.1 Å². The third-order valence-electron chi connectivity index (χ3n) is 2.70. The van der Waals surface area contributed by atoms with E-state index in [1.807, 2.05) is 6.07 Å². The zero-order valence-electron chi connectivity index (χ0n) is 12.4. The van der Waals surface area contributed by atoms with Gasteiger partial charge >= 0.3 is 5.97 Å². The maximum atomic E-state index is 11.7. The molecule has 1 rings (SSSR count). The fourth-order valence-corrected chi connectivity index (χ4v) is 1.76. The highest BCUT2D eigenvalue weighted by Crippen LogP contribution is 2.36. The molecule has 0 aliphatic rings. The van der Waals surface area contributed by atoms with E-state index >= 15 is 0 Å². The molecule has 0 aromatic heterocycles. The van der Waals surface area contributed by atoms with Crippen molar-refractivity contribution in [1.82, 2.24) is 0 Å². The topological polar surface area (TPSA) is 114 Å². The fourth-order valence-electron chi connectivity index (χ4n) is 1.76. The first kappa shape index (κ1) is 17.2. The number of benzene rings is 1. The molecule has 7 nitrogen and oxygen atoms in total. The molecule has 0 fully saturated rings. The standard InChI is InChI=1S/C15H17N3O4/c1-9(15(20)21-3)12-5-4-11(8-17)13(18-10(2)19)14(12)22-7-6-16/h4-5H,1,6-7,16H2,2-3H3,(H,18,19). The quantitative estimate of drug-likeness (QED) is 0.599. The number of amides is 1. The Morgan fingerprint density at radius 1 is 1.45 bits per heavy atom. The van der Waals surface area contributed by atoms with Crippen molar-refractivity contribution in [2.45, 2.75) is 6.92 Å². The van der Waals surface area contributed by atoms with Crippen LogP contribution >= 0.6 is 0 Å². The molecular weight excluding hydrogens is 286 g/mol. The Morgan fingerprint density at radius 3 is 2.64 bits per heavy atom. The van der Waals surface area contributed by atoms with Gasteiger partial charge in [0.2, 0.25) is 5.91 Å². The molecule has 0 unspecified atom stereocenters. The molecule has 3 N–H and O–H groups in total. The minimum absolute atomic E-state index is 0.0469. The lowest BCUT2D eigenvalue weighted by Crippen LogP contribution is -2.16. The van der Waals surface area contributed by atoms with Crippen molar-refractivity contribution < 1.29 is 19.1 Å². The van der Waals surface area contributed by atoms with Crippen LogP contribution in [0.1, 0.15) is 18.1 Å². The zero-order chi connectivity index (χ0) is 16.7. The van der Waals surface area contributed by atoms with Crippen molar-refractivity contribution >= 4 is 23.1 Å². The van der Waals surface area contributed by atoms with E-state index in [0.29, 0.717) is 5.56 Å². The molecule has 0 aliphatic carbocycles. The predicted octanol–water partition coefficient (Wildman–Crippen LogP) is 1.04. The molecular formula is C15H17N3O4. The largest absolute Gasteiger partial charge is 0.489 e. The minimum Gasteiger partial charge on any atom is -0.489 e. The number of rotatable bonds is 6. The number of ether oxygens (including phenoxy) is 2. The molecule has 1 amide bonds. The Hall–Kier alpha value is -2.85. The van der Waals surface area contributed by atoms with Crippen molar-refractivity contribution in [3.8, 4) is 11.8 Å². The number of methoxy groups -OCH3 is 1. The smallest absolute Gasteiger partial charge is 0.337 e. The third-order valence-corrected chi connectivity index (χ3v) is 2.70. The lowest BCUT2D eigenvalue weighted by atomic mass is 10.0. The van der Waals surface area contributed by atoms with Crippen LogP contribution in [0.5, 0.6) is 5.75 Å². The van der Waals surface area contributed by atoms with Gasteiger partial charge in [-0.15, -0.1) is 0 Å². The molecule has 116 valence electrons. The summed E-state index contributed by atoms with van der Waals surface area (Å²) in [6.45, 7) is 5.32. The highest BCUT2D eigenvalue weighted by atomic mass is 16.5. The lowest BCUT2D eigenvalue weighted by molar-refractivity contribution is -0.133. The highest BCUT2D eigenvalue weighted by Gasteiger charge is 2.21. The SMILES string of the molecule is C=C(C(=O)OC)c1ccc(C#N)c(NC(C)=O)c1OCCN. The summed E-state index contributed by atoms with van der Waals surface area (Å²) < 4.78 is 10.1. The van der Waals surface area contributed by atoms with Crippen LogP contribution in [0.4, 0.5) is 5.69 Å². The fraction of sp³-hybridized carbons (Fsp3) is 0.267. The summed E-state index contributed by atoms with van der Waals surface area (Å²) in [7, 11) is 1.23. The first-order chi connectivity index (χ1) is 10.5. The van der Waals surface area contributed by atoms with Gasteiger partial charge in [0, 0.05) is 19.0 Å². The lowest BCUT2D eigenvalue weighted by Gasteiger charge is -2.17. The first-order valence-electron chi connectivity index (χ1n) is 6.41. The van der Waals surface area contributed by atoms with Crippen LogP contribution in [-0.2, 0) is 14.3 Å². The zero-order valence-corrected chi connectivity index (χ0v) is 12.4. The van der Waals surface area contributed by atoms with Crippen LogP contribution in [0.25, 0.3) is 5.57 Å². The Labute approximate surface area is 128 Å². The van der Waals surface area contributed by atoms with Crippen molar-refractivity contribution in [1.29, 1.82) is 5.26 Å². The van der Waals surface area contributed by atoms with Gasteiger partial charge in [0.25, 0.3) is 0 Å². The van der Waals surface area contributed by atoms with Crippen LogP contribution in [0.15, 0.2) is 18.7 Å². The molecule has 22 heavy (non-hydrogen) atoms. The van der Waals surface area contributed by atoms with Crippen molar-refractivity contribution in [2.75, 3.05) is 25.6 Å². The molecule has 0 aliphatic heterocycles. The van der Waals surface area contributed by atoms with Gasteiger partial charge in [0.15, 0.2) is 5.75 Å². The van der Waals surface area contributed by atoms with E-state index in [1.165, 1.54) is 26.2 Å². The van der Waals surface area contributed by atoms with Crippen molar-refractivity contribution in [2.24, 2.45) is 5.73 Å². The first-order valence-corrected chi connectivity index (χ1v) is 6.41. The second kappa shape index (κ2) is 7.81. The summed E-state index contributed by atoms with van der Waals surface area (Å²) in [5, 5.41) is 11.7. The molecule has 0 heterocycles. The number of hydrogen-bond donors (Lipinski definition) is 2. The Bertz CT molecular complexity index is 647. The van der Waals surface area contributed by atoms with E-state index in [4.69, 9.17) is 10.5 Å². The van der Waals surface area contributed by atoms with Crippen LogP contribution in [0.2, 0.25) is 0 Å². The summed E-state index contributed by atoms with van der Waals surface area (Å²) in [4.78, 5) is 23.0. The molecule has 1 aromatic rings. The highest BCUT2D eigenvalue weighted by molar-refractivity contribution is 6.17. The minimum atomic E-state index is -0.643. The van der Waals surface area contributed by atoms with Crippen LogP contribution in [0.3, 0.4) is 0 Å². The van der Waals surface area contributed by atoms with Gasteiger partial charge in [-0.2, -0.15) is 5.26 Å². The van der Waals surface area contributed by atoms with E-state index in [0.717, 1.165) is 0 Å². The number of nitrogens with two attached hydrogens (primary N) is 1. The molecule has 0 saturated heterocycles. The molecule has 0 bridgehead atoms. The average Bonchev–Trinajstić information content (AvgIpc) is 2.51. The number of nitrogens with zero attached hydrogens (tertiary/aromatic N) is 1. The second-order valence-electron chi connectivity index (χ2n) is 4.27. The molecule has 0 spiro atoms. The van der Waals surface area contributed by atoms with E-state index in [2.05, 4.69) is 16.6 Å². The molecule has 1 aromatic carbocycles. The van der Waals surface area contributed by atoms with Gasteiger partial charge in [-0.1, -0.05) is 6.58 Å². The number of carbonyl (C=O) groups is 2. The number of carbonyl (C=O) groups excluding carboxylic acids is 2. The van der Waals surface area contributed by atoms with Gasteiger partial charge in [-0.3, -0.25) is 4.79 Å². The Morgan fingerprint density at radius 2 is 2.14 bits per heavy atom. The molecule has 0 radical (unpaired) electrons. The normalized spacial score (nSPS) is 9.55. The van der Waals surface area contributed by atoms with E-state index < -0.39 is 5.97 Å². The Kier molecular flexibility index (Phi) is 6.10. The van der Waals surface area contributed by atoms with Gasteiger partial charge in [0.05, 0.1) is 18.2 Å². The van der Waals surface area contributed by atoms with Gasteiger partial charge in [-0.05, 0) is 12.1 Å². The summed E-state index contributed by atoms with van der Waals surface area (Å²) >= 11 is 0. The predicted molar refractivity (Wildman–Crippen MR) is 81.1 cm³/mol. The monoisotopic (exact) mass is 303 g/mol. The average molecular weight is 303 g/mol. The summed E-state index contributed by atoms with van der Waals surface area (Å²) in [5.74, 6) is -0.860. The maximum absolute atomic E-state index is 11.7.